The lowest BCUT2D eigenvalue weighted by Gasteiger charge is -2.15. The van der Waals surface area contributed by atoms with Crippen LogP contribution in [0.25, 0.3) is 22.1 Å². The van der Waals surface area contributed by atoms with Crippen LogP contribution in [0.2, 0.25) is 0 Å². The number of aliphatic carboxylic acids is 2. The number of rotatable bonds is 12. The van der Waals surface area contributed by atoms with Crippen molar-refractivity contribution in [3.63, 3.8) is 0 Å². The van der Waals surface area contributed by atoms with Crippen molar-refractivity contribution in [2.75, 3.05) is 0 Å². The van der Waals surface area contributed by atoms with Crippen molar-refractivity contribution in [1.82, 2.24) is 24.0 Å². The van der Waals surface area contributed by atoms with Crippen LogP contribution in [0.15, 0.2) is 77.6 Å². The van der Waals surface area contributed by atoms with E-state index in [1.807, 2.05) is 48.5 Å². The topological polar surface area (TPSA) is 148 Å². The Morgan fingerprint density at radius 2 is 1.42 bits per heavy atom. The van der Waals surface area contributed by atoms with Gasteiger partial charge in [0.2, 0.25) is 0 Å². The van der Waals surface area contributed by atoms with Gasteiger partial charge in [0.15, 0.2) is 0 Å². The van der Waals surface area contributed by atoms with Gasteiger partial charge < -0.3 is 20.1 Å². The molecule has 43 heavy (non-hydrogen) atoms. The van der Waals surface area contributed by atoms with Gasteiger partial charge in [-0.05, 0) is 48.2 Å². The number of amides is 1. The zero-order valence-corrected chi connectivity index (χ0v) is 23.9. The third kappa shape index (κ3) is 6.20. The highest BCUT2D eigenvalue weighted by molar-refractivity contribution is 5.98. The molecule has 2 heterocycles. The van der Waals surface area contributed by atoms with Crippen molar-refractivity contribution in [2.45, 2.75) is 52.4 Å². The maximum atomic E-state index is 14.0. The number of nitrogens with one attached hydrogen (secondary N) is 1. The second kappa shape index (κ2) is 12.4. The zero-order chi connectivity index (χ0) is 30.7. The summed E-state index contributed by atoms with van der Waals surface area (Å²) in [6.07, 6.45) is 0.191. The molecule has 5 aromatic rings. The predicted octanol–water partition coefficient (Wildman–Crippen LogP) is 3.95. The summed E-state index contributed by atoms with van der Waals surface area (Å²) in [4.78, 5) is 54.6. The lowest BCUT2D eigenvalue weighted by Crippen LogP contribution is -2.42. The Hall–Kier alpha value is -5.19. The zero-order valence-electron chi connectivity index (χ0n) is 23.9. The number of nitrogens with zero attached hydrogens (tertiary/aromatic N) is 4. The van der Waals surface area contributed by atoms with Gasteiger partial charge in [-0.3, -0.25) is 18.7 Å². The Balaban J connectivity index is 1.52. The molecule has 0 radical (unpaired) electrons. The van der Waals surface area contributed by atoms with E-state index in [1.165, 1.54) is 6.07 Å². The molecule has 3 N–H and O–H groups in total. The average Bonchev–Trinajstić information content (AvgIpc) is 3.46. The highest BCUT2D eigenvalue weighted by Gasteiger charge is 2.25. The fourth-order valence-electron chi connectivity index (χ4n) is 5.26. The minimum absolute atomic E-state index is 0.0381. The fraction of sp³-hybridized carbons (Fsp3) is 0.281. The molecule has 0 unspecified atom stereocenters. The van der Waals surface area contributed by atoms with Crippen LogP contribution in [0, 0.1) is 5.92 Å². The first kappa shape index (κ1) is 29.3. The van der Waals surface area contributed by atoms with Gasteiger partial charge in [0, 0.05) is 12.1 Å². The number of para-hydroxylation sites is 4. The monoisotopic (exact) mass is 583 g/mol. The molecule has 5 rings (SSSR count). The van der Waals surface area contributed by atoms with Gasteiger partial charge in [0.05, 0.1) is 41.6 Å². The number of carbonyl (C=O) groups is 3. The number of benzene rings is 3. The van der Waals surface area contributed by atoms with Crippen LogP contribution >= 0.6 is 0 Å². The van der Waals surface area contributed by atoms with E-state index >= 15 is 0 Å². The molecular formula is C32H33N5O6. The van der Waals surface area contributed by atoms with Gasteiger partial charge >= 0.3 is 17.6 Å². The molecule has 0 fully saturated rings. The summed E-state index contributed by atoms with van der Waals surface area (Å²) in [6, 6.07) is 20.3. The highest BCUT2D eigenvalue weighted by atomic mass is 16.4. The summed E-state index contributed by atoms with van der Waals surface area (Å²) in [5, 5.41) is 20.7. The van der Waals surface area contributed by atoms with Crippen LogP contribution in [-0.4, -0.2) is 52.8 Å². The normalized spacial score (nSPS) is 12.2. The van der Waals surface area contributed by atoms with Gasteiger partial charge in [-0.25, -0.2) is 14.6 Å². The highest BCUT2D eigenvalue weighted by Crippen LogP contribution is 2.22. The van der Waals surface area contributed by atoms with Crippen molar-refractivity contribution < 1.29 is 24.6 Å². The number of imidazole rings is 2. The summed E-state index contributed by atoms with van der Waals surface area (Å²) >= 11 is 0. The van der Waals surface area contributed by atoms with E-state index in [0.717, 1.165) is 29.8 Å². The number of carboxylic acids is 2. The van der Waals surface area contributed by atoms with Gasteiger partial charge in [0.1, 0.15) is 11.9 Å². The van der Waals surface area contributed by atoms with Crippen molar-refractivity contribution in [3.05, 3.63) is 100 Å². The average molecular weight is 584 g/mol. The van der Waals surface area contributed by atoms with Crippen molar-refractivity contribution in [2.24, 2.45) is 5.92 Å². The minimum atomic E-state index is -1.60. The molecule has 11 heteroatoms. The van der Waals surface area contributed by atoms with Gasteiger partial charge in [0.25, 0.3) is 5.91 Å². The number of aromatic nitrogens is 4. The molecule has 3 aromatic carbocycles. The molecule has 0 saturated heterocycles. The van der Waals surface area contributed by atoms with Crippen LogP contribution in [0.1, 0.15) is 48.4 Å². The van der Waals surface area contributed by atoms with Crippen molar-refractivity contribution >= 4 is 39.9 Å². The van der Waals surface area contributed by atoms with E-state index in [-0.39, 0.29) is 24.3 Å². The van der Waals surface area contributed by atoms with E-state index < -0.39 is 30.3 Å². The van der Waals surface area contributed by atoms with Gasteiger partial charge in [-0.1, -0.05) is 56.3 Å². The molecule has 1 atom stereocenters. The Morgan fingerprint density at radius 1 is 0.814 bits per heavy atom. The molecular weight excluding hydrogens is 550 g/mol. The molecule has 0 spiro atoms. The maximum Gasteiger partial charge on any atom is 0.329 e. The van der Waals surface area contributed by atoms with Crippen LogP contribution in [0.4, 0.5) is 0 Å². The summed E-state index contributed by atoms with van der Waals surface area (Å²) in [6.45, 7) is 5.39. The summed E-state index contributed by atoms with van der Waals surface area (Å²) in [5.41, 5.74) is 3.60. The molecule has 0 bridgehead atoms. The van der Waals surface area contributed by atoms with Crippen LogP contribution < -0.4 is 11.0 Å². The lowest BCUT2D eigenvalue weighted by atomic mass is 10.1. The third-order valence-corrected chi connectivity index (χ3v) is 7.46. The number of carbonyl (C=O) groups excluding carboxylic acids is 1. The smallest absolute Gasteiger partial charge is 0.329 e. The number of carboxylic acid groups (broad SMARTS) is 2. The first-order valence-corrected chi connectivity index (χ1v) is 14.1. The Labute approximate surface area is 247 Å². The van der Waals surface area contributed by atoms with Crippen LogP contribution in [0.5, 0.6) is 0 Å². The Bertz CT molecular complexity index is 1880. The molecule has 0 aliphatic rings. The third-order valence-electron chi connectivity index (χ3n) is 7.46. The molecule has 0 saturated carbocycles. The molecule has 222 valence electrons. The summed E-state index contributed by atoms with van der Waals surface area (Å²) < 4.78 is 5.43. The quantitative estimate of drug-likeness (QED) is 0.201. The number of fused-ring (bicyclic) bond motifs is 2. The number of hydrogen-bond donors (Lipinski definition) is 3. The lowest BCUT2D eigenvalue weighted by molar-refractivity contribution is -0.145. The molecule has 2 aromatic heterocycles. The van der Waals surface area contributed by atoms with E-state index in [0.29, 0.717) is 22.5 Å². The first-order chi connectivity index (χ1) is 20.6. The van der Waals surface area contributed by atoms with Gasteiger partial charge in [-0.2, -0.15) is 0 Å². The standard InChI is InChI=1S/C32H33N5O6/c1-20(2)15-16-35-25-12-6-5-11-23(25)33-28(35)19-37-27-14-8-7-13-26(27)36(32(37)43)18-21-9-3-4-10-22(21)30(40)34-24(31(41)42)17-29(38)39/h3-14,20,24H,15-19H2,1-2H3,(H,34,40)(H,38,39)(H,41,42)/t24-/m1/s1. The molecule has 1 amide bonds. The first-order valence-electron chi connectivity index (χ1n) is 14.1. The van der Waals surface area contributed by atoms with E-state index in [2.05, 4.69) is 23.7 Å². The minimum Gasteiger partial charge on any atom is -0.481 e. The van der Waals surface area contributed by atoms with Crippen LogP contribution in [-0.2, 0) is 29.2 Å². The van der Waals surface area contributed by atoms with Crippen LogP contribution in [0.3, 0.4) is 0 Å². The Kier molecular flexibility index (Phi) is 8.42. The van der Waals surface area contributed by atoms with Gasteiger partial charge in [-0.15, -0.1) is 0 Å². The molecule has 0 aliphatic carbocycles. The van der Waals surface area contributed by atoms with E-state index in [1.54, 1.807) is 27.3 Å². The molecule has 11 nitrogen and oxygen atoms in total. The second-order valence-electron chi connectivity index (χ2n) is 10.9. The van der Waals surface area contributed by atoms with Crippen molar-refractivity contribution in [3.8, 4) is 0 Å². The SMILES string of the molecule is CC(C)CCn1c(Cn2c(=O)n(Cc3ccccc3C(=O)N[C@H](CC(=O)O)C(=O)O)c3ccccc32)nc2ccccc21. The number of hydrogen-bond acceptors (Lipinski definition) is 5. The summed E-state index contributed by atoms with van der Waals surface area (Å²) in [7, 11) is 0. The molecule has 0 aliphatic heterocycles. The largest absolute Gasteiger partial charge is 0.481 e. The maximum absolute atomic E-state index is 14.0. The summed E-state index contributed by atoms with van der Waals surface area (Å²) in [5.74, 6) is -2.28. The van der Waals surface area contributed by atoms with E-state index in [4.69, 9.17) is 10.1 Å². The Morgan fingerprint density at radius 3 is 2.07 bits per heavy atom. The van der Waals surface area contributed by atoms with Crippen molar-refractivity contribution in [1.29, 1.82) is 0 Å². The predicted molar refractivity (Wildman–Crippen MR) is 161 cm³/mol. The second-order valence-corrected chi connectivity index (χ2v) is 10.9. The van der Waals surface area contributed by atoms with E-state index in [9.17, 15) is 24.3 Å². The fourth-order valence-corrected chi connectivity index (χ4v) is 5.26. The number of aryl methyl sites for hydroxylation is 1.